The number of hydrogen-bond acceptors (Lipinski definition) is 4. The van der Waals surface area contributed by atoms with E-state index in [4.69, 9.17) is 9.15 Å². The first-order valence-corrected chi connectivity index (χ1v) is 7.95. The summed E-state index contributed by atoms with van der Waals surface area (Å²) >= 11 is 0. The smallest absolute Gasteiger partial charge is 0.375 e. The summed E-state index contributed by atoms with van der Waals surface area (Å²) in [5, 5.41) is 2.92. The van der Waals surface area contributed by atoms with Crippen LogP contribution in [0.4, 0.5) is 0 Å². The van der Waals surface area contributed by atoms with Crippen LogP contribution in [0, 0.1) is 6.92 Å². The fourth-order valence-electron chi connectivity index (χ4n) is 2.06. The molecule has 0 aliphatic heterocycles. The van der Waals surface area contributed by atoms with Gasteiger partial charge in [0.15, 0.2) is 0 Å². The van der Waals surface area contributed by atoms with E-state index in [-0.39, 0.29) is 11.7 Å². The van der Waals surface area contributed by atoms with Crippen LogP contribution >= 0.6 is 0 Å². The standard InChI is InChI=1S/C19H23NO4/c1-5-19(3,4)20-17(21)16(14-10-8-13(2)9-11-14)24-18(22)15-7-6-12-23-15/h6-12,16H,5H2,1-4H3,(H,20,21)/t16-/m0/s1. The summed E-state index contributed by atoms with van der Waals surface area (Å²) in [6, 6.07) is 10.4. The molecule has 0 bridgehead atoms. The number of carbonyl (C=O) groups is 2. The maximum absolute atomic E-state index is 12.7. The summed E-state index contributed by atoms with van der Waals surface area (Å²) in [6.07, 6.45) is 1.11. The van der Waals surface area contributed by atoms with Crippen LogP contribution in [0.2, 0.25) is 0 Å². The van der Waals surface area contributed by atoms with Gasteiger partial charge in [0.1, 0.15) is 0 Å². The minimum Gasteiger partial charge on any atom is -0.457 e. The van der Waals surface area contributed by atoms with Crippen LogP contribution in [0.25, 0.3) is 0 Å². The summed E-state index contributed by atoms with van der Waals surface area (Å²) in [6.45, 7) is 7.78. The fraction of sp³-hybridized carbons (Fsp3) is 0.368. The number of esters is 1. The molecule has 128 valence electrons. The Labute approximate surface area is 142 Å². The van der Waals surface area contributed by atoms with Gasteiger partial charge in [0.25, 0.3) is 5.91 Å². The molecule has 1 aromatic heterocycles. The molecular weight excluding hydrogens is 306 g/mol. The van der Waals surface area contributed by atoms with Gasteiger partial charge in [-0.1, -0.05) is 36.8 Å². The van der Waals surface area contributed by atoms with Gasteiger partial charge in [-0.05, 0) is 39.3 Å². The first kappa shape index (κ1) is 17.8. The number of hydrogen-bond donors (Lipinski definition) is 1. The van der Waals surface area contributed by atoms with E-state index in [0.29, 0.717) is 5.56 Å². The monoisotopic (exact) mass is 329 g/mol. The van der Waals surface area contributed by atoms with E-state index in [9.17, 15) is 9.59 Å². The Morgan fingerprint density at radius 2 is 1.88 bits per heavy atom. The summed E-state index contributed by atoms with van der Waals surface area (Å²) in [7, 11) is 0. The van der Waals surface area contributed by atoms with E-state index in [1.54, 1.807) is 18.2 Å². The number of carbonyl (C=O) groups excluding carboxylic acids is 2. The van der Waals surface area contributed by atoms with Gasteiger partial charge in [0.2, 0.25) is 11.9 Å². The predicted molar refractivity (Wildman–Crippen MR) is 90.6 cm³/mol. The van der Waals surface area contributed by atoms with Crippen LogP contribution in [0.1, 0.15) is 55.0 Å². The third-order valence-electron chi connectivity index (χ3n) is 3.91. The van der Waals surface area contributed by atoms with E-state index in [1.807, 2.05) is 39.8 Å². The van der Waals surface area contributed by atoms with E-state index in [0.717, 1.165) is 12.0 Å². The third kappa shape index (κ3) is 4.47. The maximum atomic E-state index is 12.7. The number of furan rings is 1. The summed E-state index contributed by atoms with van der Waals surface area (Å²) in [5.74, 6) is -0.963. The second kappa shape index (κ2) is 7.34. The van der Waals surface area contributed by atoms with Crippen LogP contribution in [0.5, 0.6) is 0 Å². The maximum Gasteiger partial charge on any atom is 0.375 e. The topological polar surface area (TPSA) is 68.5 Å². The van der Waals surface area contributed by atoms with Crippen molar-refractivity contribution < 1.29 is 18.7 Å². The molecular formula is C19H23NO4. The predicted octanol–water partition coefficient (Wildman–Crippen LogP) is 3.79. The van der Waals surface area contributed by atoms with Crippen molar-refractivity contribution in [2.24, 2.45) is 0 Å². The first-order valence-electron chi connectivity index (χ1n) is 7.95. The molecule has 2 rings (SSSR count). The van der Waals surface area contributed by atoms with Crippen LogP contribution in [-0.2, 0) is 9.53 Å². The van der Waals surface area contributed by atoms with E-state index < -0.39 is 17.6 Å². The molecule has 0 radical (unpaired) electrons. The summed E-state index contributed by atoms with van der Waals surface area (Å²) in [5.41, 5.74) is 1.28. The number of benzene rings is 1. The lowest BCUT2D eigenvalue weighted by Crippen LogP contribution is -2.45. The molecule has 0 saturated carbocycles. The highest BCUT2D eigenvalue weighted by Crippen LogP contribution is 2.22. The van der Waals surface area contributed by atoms with Crippen molar-refractivity contribution in [3.8, 4) is 0 Å². The van der Waals surface area contributed by atoms with Gasteiger partial charge in [-0.15, -0.1) is 0 Å². The lowest BCUT2D eigenvalue weighted by molar-refractivity contribution is -0.132. The Morgan fingerprint density at radius 1 is 1.21 bits per heavy atom. The molecule has 1 amide bonds. The highest BCUT2D eigenvalue weighted by atomic mass is 16.6. The summed E-state index contributed by atoms with van der Waals surface area (Å²) < 4.78 is 10.5. The van der Waals surface area contributed by atoms with Crippen molar-refractivity contribution in [1.29, 1.82) is 0 Å². The Kier molecular flexibility index (Phi) is 5.44. The molecule has 1 aromatic carbocycles. The molecule has 1 atom stereocenters. The molecule has 5 nitrogen and oxygen atoms in total. The molecule has 0 aliphatic carbocycles. The molecule has 0 spiro atoms. The molecule has 24 heavy (non-hydrogen) atoms. The molecule has 0 aliphatic rings. The number of aryl methyl sites for hydroxylation is 1. The minimum absolute atomic E-state index is 0.0645. The van der Waals surface area contributed by atoms with Crippen molar-refractivity contribution in [2.75, 3.05) is 0 Å². The average Bonchev–Trinajstić information content (AvgIpc) is 3.07. The highest BCUT2D eigenvalue weighted by molar-refractivity contribution is 5.90. The lowest BCUT2D eigenvalue weighted by Gasteiger charge is -2.27. The van der Waals surface area contributed by atoms with E-state index in [2.05, 4.69) is 5.32 Å². The molecule has 0 fully saturated rings. The number of rotatable bonds is 6. The first-order chi connectivity index (χ1) is 11.3. The van der Waals surface area contributed by atoms with Gasteiger partial charge in [-0.3, -0.25) is 4.79 Å². The number of amides is 1. The zero-order chi connectivity index (χ0) is 17.7. The molecule has 0 saturated heterocycles. The zero-order valence-corrected chi connectivity index (χ0v) is 14.5. The minimum atomic E-state index is -1.03. The SMILES string of the molecule is CCC(C)(C)NC(=O)[C@@H](OC(=O)c1ccco1)c1ccc(C)cc1. The molecule has 5 heteroatoms. The van der Waals surface area contributed by atoms with E-state index in [1.165, 1.54) is 12.3 Å². The van der Waals surface area contributed by atoms with Crippen molar-refractivity contribution in [2.45, 2.75) is 45.8 Å². The quantitative estimate of drug-likeness (QED) is 0.819. The molecule has 1 heterocycles. The van der Waals surface area contributed by atoms with Crippen molar-refractivity contribution in [3.63, 3.8) is 0 Å². The largest absolute Gasteiger partial charge is 0.457 e. The Balaban J connectivity index is 2.25. The van der Waals surface area contributed by atoms with Gasteiger partial charge in [-0.25, -0.2) is 4.79 Å². The van der Waals surface area contributed by atoms with Crippen molar-refractivity contribution in [1.82, 2.24) is 5.32 Å². The van der Waals surface area contributed by atoms with Crippen LogP contribution in [0.15, 0.2) is 47.1 Å². The normalized spacial score (nSPS) is 12.5. The van der Waals surface area contributed by atoms with Gasteiger partial charge in [-0.2, -0.15) is 0 Å². The van der Waals surface area contributed by atoms with Crippen LogP contribution < -0.4 is 5.32 Å². The highest BCUT2D eigenvalue weighted by Gasteiger charge is 2.30. The van der Waals surface area contributed by atoms with E-state index >= 15 is 0 Å². The van der Waals surface area contributed by atoms with Crippen LogP contribution in [0.3, 0.4) is 0 Å². The second-order valence-corrected chi connectivity index (χ2v) is 6.40. The number of nitrogens with one attached hydrogen (secondary N) is 1. The Bertz CT molecular complexity index is 687. The second-order valence-electron chi connectivity index (χ2n) is 6.40. The van der Waals surface area contributed by atoms with Crippen LogP contribution in [-0.4, -0.2) is 17.4 Å². The average molecular weight is 329 g/mol. The van der Waals surface area contributed by atoms with Crippen molar-refractivity contribution in [3.05, 3.63) is 59.5 Å². The Hall–Kier alpha value is -2.56. The third-order valence-corrected chi connectivity index (χ3v) is 3.91. The lowest BCUT2D eigenvalue weighted by atomic mass is 10.00. The molecule has 1 N–H and O–H groups in total. The molecule has 2 aromatic rings. The Morgan fingerprint density at radius 3 is 2.42 bits per heavy atom. The zero-order valence-electron chi connectivity index (χ0n) is 14.5. The fourth-order valence-corrected chi connectivity index (χ4v) is 2.06. The molecule has 0 unspecified atom stereocenters. The van der Waals surface area contributed by atoms with Gasteiger partial charge in [0.05, 0.1) is 6.26 Å². The van der Waals surface area contributed by atoms with Gasteiger partial charge < -0.3 is 14.5 Å². The van der Waals surface area contributed by atoms with Gasteiger partial charge >= 0.3 is 5.97 Å². The summed E-state index contributed by atoms with van der Waals surface area (Å²) in [4.78, 5) is 24.9. The van der Waals surface area contributed by atoms with Crippen molar-refractivity contribution >= 4 is 11.9 Å². The number of ether oxygens (including phenoxy) is 1. The van der Waals surface area contributed by atoms with Gasteiger partial charge in [0, 0.05) is 11.1 Å².